The number of rotatable bonds is 1. The molecule has 0 aliphatic heterocycles. The molecule has 74 valence electrons. The zero-order valence-electron chi connectivity index (χ0n) is 8.39. The van der Waals surface area contributed by atoms with E-state index in [1.54, 1.807) is 6.92 Å². The van der Waals surface area contributed by atoms with Crippen LogP contribution < -0.4 is 56.8 Å². The van der Waals surface area contributed by atoms with Gasteiger partial charge in [-0.15, -0.1) is 0 Å². The maximum absolute atomic E-state index is 12.6. The predicted octanol–water partition coefficient (Wildman–Crippen LogP) is -1.07. The first-order valence-electron chi connectivity index (χ1n) is 4.12. The summed E-state index contributed by atoms with van der Waals surface area (Å²) in [6.45, 7) is -3.34. The van der Waals surface area contributed by atoms with Gasteiger partial charge in [-0.25, -0.2) is 4.98 Å². The number of aromatic nitrogens is 2. The Labute approximate surface area is 127 Å². The number of nitrogens with one attached hydrogen (secondary N) is 1. The van der Waals surface area contributed by atoms with Crippen LogP contribution in [0, 0.1) is 6.92 Å². The molecular formula is C8H7BF3KN2. The molecular weight excluding hydrogens is 231 g/mol. The fraction of sp³-hybridized carbons (Fsp3) is 0.125. The van der Waals surface area contributed by atoms with E-state index >= 15 is 0 Å². The van der Waals surface area contributed by atoms with E-state index in [4.69, 9.17) is 0 Å². The van der Waals surface area contributed by atoms with Crippen LogP contribution in [0.4, 0.5) is 12.9 Å². The minimum absolute atomic E-state index is 0. The molecule has 0 saturated heterocycles. The van der Waals surface area contributed by atoms with Gasteiger partial charge < -0.3 is 17.9 Å². The van der Waals surface area contributed by atoms with Crippen LogP contribution in [0.3, 0.4) is 0 Å². The minimum atomic E-state index is -4.97. The molecule has 2 heterocycles. The Hall–Kier alpha value is 0.181. The average molecular weight is 238 g/mol. The number of pyridine rings is 1. The maximum Gasteiger partial charge on any atom is 1.00 e. The van der Waals surface area contributed by atoms with E-state index < -0.39 is 12.4 Å². The van der Waals surface area contributed by atoms with Crippen LogP contribution in [0.1, 0.15) is 5.56 Å². The Kier molecular flexibility index (Phi) is 4.05. The second kappa shape index (κ2) is 4.59. The minimum Gasteiger partial charge on any atom is -0.445 e. The largest absolute Gasteiger partial charge is 1.00 e. The van der Waals surface area contributed by atoms with Crippen LogP contribution in [-0.4, -0.2) is 16.9 Å². The Morgan fingerprint density at radius 1 is 1.33 bits per heavy atom. The Bertz CT molecular complexity index is 480. The molecule has 2 aromatic rings. The summed E-state index contributed by atoms with van der Waals surface area (Å²) in [6, 6.07) is 1.02. The molecule has 0 saturated carbocycles. The van der Waals surface area contributed by atoms with Crippen LogP contribution in [-0.2, 0) is 0 Å². The van der Waals surface area contributed by atoms with Crippen LogP contribution in [0.25, 0.3) is 11.0 Å². The quantitative estimate of drug-likeness (QED) is 0.630. The second-order valence-electron chi connectivity index (χ2n) is 3.17. The second-order valence-corrected chi connectivity index (χ2v) is 3.17. The van der Waals surface area contributed by atoms with Crippen LogP contribution >= 0.6 is 0 Å². The molecule has 0 amide bonds. The van der Waals surface area contributed by atoms with Crippen molar-refractivity contribution in [2.45, 2.75) is 6.92 Å². The number of halogens is 3. The molecule has 0 bridgehead atoms. The third kappa shape index (κ3) is 2.47. The first-order valence-corrected chi connectivity index (χ1v) is 4.12. The van der Waals surface area contributed by atoms with Gasteiger partial charge in [-0.1, -0.05) is 11.5 Å². The average Bonchev–Trinajstić information content (AvgIpc) is 2.46. The molecule has 0 aliphatic carbocycles. The molecule has 0 fully saturated rings. The third-order valence-corrected chi connectivity index (χ3v) is 2.16. The van der Waals surface area contributed by atoms with E-state index in [1.165, 1.54) is 12.4 Å². The molecule has 0 radical (unpaired) electrons. The van der Waals surface area contributed by atoms with Gasteiger partial charge in [-0.2, -0.15) is 0 Å². The summed E-state index contributed by atoms with van der Waals surface area (Å²) < 4.78 is 37.8. The topological polar surface area (TPSA) is 28.7 Å². The number of hydrogen-bond donors (Lipinski definition) is 1. The predicted molar refractivity (Wildman–Crippen MR) is 49.5 cm³/mol. The van der Waals surface area contributed by atoms with Crippen molar-refractivity contribution in [3.8, 4) is 0 Å². The summed E-state index contributed by atoms with van der Waals surface area (Å²) in [5.41, 5.74) is 0.287. The summed E-state index contributed by atoms with van der Waals surface area (Å²) in [7, 11) is 0. The molecule has 0 aliphatic rings. The zero-order chi connectivity index (χ0) is 10.3. The third-order valence-electron chi connectivity index (χ3n) is 2.16. The van der Waals surface area contributed by atoms with Gasteiger partial charge in [0.1, 0.15) is 5.65 Å². The van der Waals surface area contributed by atoms with Crippen molar-refractivity contribution in [3.05, 3.63) is 24.0 Å². The molecule has 2 nitrogen and oxygen atoms in total. The van der Waals surface area contributed by atoms with Gasteiger partial charge in [0.2, 0.25) is 0 Å². The van der Waals surface area contributed by atoms with Crippen molar-refractivity contribution in [1.82, 2.24) is 9.97 Å². The van der Waals surface area contributed by atoms with Crippen molar-refractivity contribution >= 4 is 23.5 Å². The van der Waals surface area contributed by atoms with E-state index in [1.807, 2.05) is 0 Å². The molecule has 0 atom stereocenters. The SMILES string of the molecule is Cc1c[nH]c2nccc([B-](F)(F)F)c12.[K+]. The number of aromatic amines is 1. The summed E-state index contributed by atoms with van der Waals surface area (Å²) in [5.74, 6) is 0. The van der Waals surface area contributed by atoms with Crippen molar-refractivity contribution in [2.75, 3.05) is 0 Å². The van der Waals surface area contributed by atoms with Gasteiger partial charge in [0.25, 0.3) is 0 Å². The fourth-order valence-electron chi connectivity index (χ4n) is 1.52. The molecule has 2 aromatic heterocycles. The Morgan fingerprint density at radius 3 is 2.60 bits per heavy atom. The summed E-state index contributed by atoms with van der Waals surface area (Å²) in [6.07, 6.45) is 2.70. The molecule has 15 heavy (non-hydrogen) atoms. The van der Waals surface area contributed by atoms with E-state index in [-0.39, 0.29) is 56.8 Å². The van der Waals surface area contributed by atoms with Crippen molar-refractivity contribution in [2.24, 2.45) is 0 Å². The van der Waals surface area contributed by atoms with Crippen molar-refractivity contribution in [3.63, 3.8) is 0 Å². The van der Waals surface area contributed by atoms with Gasteiger partial charge >= 0.3 is 58.4 Å². The monoisotopic (exact) mass is 238 g/mol. The van der Waals surface area contributed by atoms with Crippen LogP contribution in [0.15, 0.2) is 18.5 Å². The van der Waals surface area contributed by atoms with Crippen molar-refractivity contribution in [1.29, 1.82) is 0 Å². The van der Waals surface area contributed by atoms with Gasteiger partial charge in [0, 0.05) is 12.4 Å². The van der Waals surface area contributed by atoms with Crippen LogP contribution in [0.5, 0.6) is 0 Å². The van der Waals surface area contributed by atoms with Crippen molar-refractivity contribution < 1.29 is 64.3 Å². The molecule has 0 spiro atoms. The normalized spacial score (nSPS) is 11.5. The van der Waals surface area contributed by atoms with Crippen LogP contribution in [0.2, 0.25) is 0 Å². The number of aryl methyl sites for hydroxylation is 1. The van der Waals surface area contributed by atoms with E-state index in [0.717, 1.165) is 6.07 Å². The molecule has 0 unspecified atom stereocenters. The van der Waals surface area contributed by atoms with Gasteiger partial charge in [-0.3, -0.25) is 0 Å². The number of fused-ring (bicyclic) bond motifs is 1. The van der Waals surface area contributed by atoms with Gasteiger partial charge in [-0.05, 0) is 17.9 Å². The first-order chi connectivity index (χ1) is 6.50. The van der Waals surface area contributed by atoms with Gasteiger partial charge in [0.15, 0.2) is 0 Å². The number of nitrogens with zero attached hydrogens (tertiary/aromatic N) is 1. The molecule has 0 aromatic carbocycles. The Balaban J connectivity index is 0.00000112. The molecule has 2 rings (SSSR count). The number of hydrogen-bond acceptors (Lipinski definition) is 1. The van der Waals surface area contributed by atoms with E-state index in [9.17, 15) is 12.9 Å². The summed E-state index contributed by atoms with van der Waals surface area (Å²) in [5, 5.41) is 0.181. The first kappa shape index (κ1) is 13.2. The summed E-state index contributed by atoms with van der Waals surface area (Å²) >= 11 is 0. The maximum atomic E-state index is 12.6. The number of H-pyrrole nitrogens is 1. The fourth-order valence-corrected chi connectivity index (χ4v) is 1.52. The van der Waals surface area contributed by atoms with Gasteiger partial charge in [0.05, 0.1) is 0 Å². The molecule has 1 N–H and O–H groups in total. The zero-order valence-corrected chi connectivity index (χ0v) is 11.5. The molecule has 7 heteroatoms. The van der Waals surface area contributed by atoms with E-state index in [2.05, 4.69) is 9.97 Å². The Morgan fingerprint density at radius 2 is 2.00 bits per heavy atom. The smallest absolute Gasteiger partial charge is 0.445 e. The van der Waals surface area contributed by atoms with E-state index in [0.29, 0.717) is 11.2 Å². The summed E-state index contributed by atoms with van der Waals surface area (Å²) in [4.78, 5) is 6.53. The standard InChI is InChI=1S/C8H7BF3N2.K/c1-5-4-14-8-7(5)6(2-3-13-8)9(10,11)12;/h2-4H,1H3,(H,13,14);/q-1;+1.